The first kappa shape index (κ1) is 15.2. The summed E-state index contributed by atoms with van der Waals surface area (Å²) in [6.45, 7) is 1.84. The fourth-order valence-electron chi connectivity index (χ4n) is 1.04. The van der Waals surface area contributed by atoms with Crippen LogP contribution < -0.4 is 4.74 Å². The van der Waals surface area contributed by atoms with Crippen molar-refractivity contribution in [1.29, 1.82) is 0 Å². The normalized spacial score (nSPS) is 10.5. The summed E-state index contributed by atoms with van der Waals surface area (Å²) in [6.07, 6.45) is 0.883. The molecule has 1 rings (SSSR count). The highest BCUT2D eigenvalue weighted by Crippen LogP contribution is 2.48. The average molecular weight is 336 g/mol. The van der Waals surface area contributed by atoms with Crippen molar-refractivity contribution in [2.75, 3.05) is 0 Å². The summed E-state index contributed by atoms with van der Waals surface area (Å²) in [6, 6.07) is 0. The molecule has 0 atom stereocenters. The molecule has 0 spiro atoms. The Bertz CT molecular complexity index is 429. The van der Waals surface area contributed by atoms with Gasteiger partial charge in [0.1, 0.15) is 10.0 Å². The van der Waals surface area contributed by atoms with Crippen LogP contribution in [0.1, 0.15) is 19.8 Å². The first-order valence-corrected chi connectivity index (χ1v) is 6.51. The Balaban J connectivity index is 3.20. The van der Waals surface area contributed by atoms with Crippen molar-refractivity contribution in [3.8, 4) is 5.75 Å². The molecule has 0 fully saturated rings. The van der Waals surface area contributed by atoms with Crippen LogP contribution >= 0.6 is 58.0 Å². The second kappa shape index (κ2) is 6.35. The predicted molar refractivity (Wildman–Crippen MR) is 72.0 cm³/mol. The predicted octanol–water partition coefficient (Wildman–Crippen LogP) is 5.66. The minimum absolute atomic E-state index is 0.00188. The number of halogens is 5. The molecule has 0 bridgehead atoms. The van der Waals surface area contributed by atoms with E-state index in [4.69, 9.17) is 62.7 Å². The lowest BCUT2D eigenvalue weighted by atomic mass is 10.3. The van der Waals surface area contributed by atoms with Crippen LogP contribution in [0.2, 0.25) is 25.1 Å². The summed E-state index contributed by atoms with van der Waals surface area (Å²) in [5.74, 6) is -0.531. The van der Waals surface area contributed by atoms with Gasteiger partial charge in [0.25, 0.3) is 0 Å². The monoisotopic (exact) mass is 334 g/mol. The maximum Gasteiger partial charge on any atom is 0.311 e. The number of rotatable bonds is 3. The van der Waals surface area contributed by atoms with Gasteiger partial charge in [0.05, 0.1) is 15.1 Å². The zero-order chi connectivity index (χ0) is 13.2. The maximum absolute atomic E-state index is 11.4. The first-order valence-electron chi connectivity index (χ1n) is 4.62. The van der Waals surface area contributed by atoms with E-state index in [0.29, 0.717) is 6.42 Å². The average Bonchev–Trinajstić information content (AvgIpc) is 2.30. The van der Waals surface area contributed by atoms with E-state index >= 15 is 0 Å². The Hall–Kier alpha value is 0.140. The molecule has 0 aliphatic rings. The van der Waals surface area contributed by atoms with Gasteiger partial charge in [0.15, 0.2) is 5.75 Å². The van der Waals surface area contributed by atoms with Gasteiger partial charge >= 0.3 is 5.97 Å². The SMILES string of the molecule is CCCC(=O)Oc1c(Cl)c(Cl)c(Cl)c(Cl)c1Cl. The van der Waals surface area contributed by atoms with E-state index in [0.717, 1.165) is 0 Å². The van der Waals surface area contributed by atoms with Crippen molar-refractivity contribution in [2.45, 2.75) is 19.8 Å². The van der Waals surface area contributed by atoms with Crippen molar-refractivity contribution in [2.24, 2.45) is 0 Å². The number of carbonyl (C=O) groups excluding carboxylic acids is 1. The Morgan fingerprint density at radius 2 is 1.35 bits per heavy atom. The van der Waals surface area contributed by atoms with Gasteiger partial charge in [-0.05, 0) is 6.42 Å². The molecule has 0 saturated carbocycles. The molecular formula is C10H7Cl5O2. The highest BCUT2D eigenvalue weighted by Gasteiger charge is 2.22. The number of ether oxygens (including phenoxy) is 1. The summed E-state index contributed by atoms with van der Waals surface area (Å²) in [7, 11) is 0. The Kier molecular flexibility index (Phi) is 5.68. The van der Waals surface area contributed by atoms with Gasteiger partial charge in [-0.1, -0.05) is 64.9 Å². The fourth-order valence-corrected chi connectivity index (χ4v) is 2.24. The third kappa shape index (κ3) is 3.33. The van der Waals surface area contributed by atoms with Gasteiger partial charge < -0.3 is 4.74 Å². The van der Waals surface area contributed by atoms with E-state index in [1.165, 1.54) is 0 Å². The largest absolute Gasteiger partial charge is 0.423 e. The molecular weight excluding hydrogens is 329 g/mol. The van der Waals surface area contributed by atoms with E-state index in [2.05, 4.69) is 0 Å². The fraction of sp³-hybridized carbons (Fsp3) is 0.300. The number of esters is 1. The number of carbonyl (C=O) groups is 1. The van der Waals surface area contributed by atoms with E-state index in [9.17, 15) is 4.79 Å². The molecule has 0 unspecified atom stereocenters. The second-order valence-electron chi connectivity index (χ2n) is 3.12. The van der Waals surface area contributed by atoms with Gasteiger partial charge in [0.2, 0.25) is 0 Å². The van der Waals surface area contributed by atoms with Crippen LogP contribution in [0.15, 0.2) is 0 Å². The van der Waals surface area contributed by atoms with Gasteiger partial charge in [-0.2, -0.15) is 0 Å². The molecule has 1 aromatic carbocycles. The van der Waals surface area contributed by atoms with Crippen LogP contribution in [0.4, 0.5) is 0 Å². The second-order valence-corrected chi connectivity index (χ2v) is 5.01. The Morgan fingerprint density at radius 3 is 1.76 bits per heavy atom. The van der Waals surface area contributed by atoms with Gasteiger partial charge in [-0.15, -0.1) is 0 Å². The number of hydrogen-bond donors (Lipinski definition) is 0. The van der Waals surface area contributed by atoms with Crippen LogP contribution in [0.3, 0.4) is 0 Å². The summed E-state index contributed by atoms with van der Waals surface area (Å²) in [4.78, 5) is 11.4. The highest BCUT2D eigenvalue weighted by atomic mass is 35.5. The van der Waals surface area contributed by atoms with Crippen LogP contribution in [-0.4, -0.2) is 5.97 Å². The van der Waals surface area contributed by atoms with E-state index in [1.807, 2.05) is 6.92 Å². The zero-order valence-corrected chi connectivity index (χ0v) is 12.4. The maximum atomic E-state index is 11.4. The quantitative estimate of drug-likeness (QED) is 0.308. The lowest BCUT2D eigenvalue weighted by molar-refractivity contribution is -0.134. The van der Waals surface area contributed by atoms with Crippen LogP contribution in [0.25, 0.3) is 0 Å². The smallest absolute Gasteiger partial charge is 0.311 e. The Morgan fingerprint density at radius 1 is 0.941 bits per heavy atom. The summed E-state index contributed by atoms with van der Waals surface area (Å²) in [5.41, 5.74) is 0. The molecule has 2 nitrogen and oxygen atoms in total. The summed E-state index contributed by atoms with van der Waals surface area (Å²) >= 11 is 29.2. The molecule has 0 aliphatic carbocycles. The highest BCUT2D eigenvalue weighted by molar-refractivity contribution is 6.55. The third-order valence-electron chi connectivity index (χ3n) is 1.84. The summed E-state index contributed by atoms with van der Waals surface area (Å²) < 4.78 is 5.00. The van der Waals surface area contributed by atoms with Gasteiger partial charge in [0, 0.05) is 6.42 Å². The molecule has 0 saturated heterocycles. The van der Waals surface area contributed by atoms with Crippen LogP contribution in [-0.2, 0) is 4.79 Å². The van der Waals surface area contributed by atoms with Crippen molar-refractivity contribution in [1.82, 2.24) is 0 Å². The van der Waals surface area contributed by atoms with Crippen molar-refractivity contribution < 1.29 is 9.53 Å². The molecule has 17 heavy (non-hydrogen) atoms. The Labute approximate surface area is 124 Å². The minimum atomic E-state index is -0.467. The molecule has 0 N–H and O–H groups in total. The van der Waals surface area contributed by atoms with Crippen molar-refractivity contribution in [3.63, 3.8) is 0 Å². The number of hydrogen-bond acceptors (Lipinski definition) is 2. The van der Waals surface area contributed by atoms with E-state index in [-0.39, 0.29) is 37.3 Å². The topological polar surface area (TPSA) is 26.3 Å². The molecule has 7 heteroatoms. The lowest BCUT2D eigenvalue weighted by Gasteiger charge is -2.12. The van der Waals surface area contributed by atoms with Crippen LogP contribution in [0, 0.1) is 0 Å². The molecule has 0 amide bonds. The molecule has 0 radical (unpaired) electrons. The van der Waals surface area contributed by atoms with Crippen molar-refractivity contribution in [3.05, 3.63) is 25.1 Å². The third-order valence-corrected chi connectivity index (χ3v) is 4.08. The van der Waals surface area contributed by atoms with Gasteiger partial charge in [-0.3, -0.25) is 4.79 Å². The molecule has 1 aromatic rings. The lowest BCUT2D eigenvalue weighted by Crippen LogP contribution is -2.08. The minimum Gasteiger partial charge on any atom is -0.423 e. The zero-order valence-electron chi connectivity index (χ0n) is 8.62. The molecule has 94 valence electrons. The van der Waals surface area contributed by atoms with E-state index in [1.54, 1.807) is 0 Å². The molecule has 0 aliphatic heterocycles. The first-order chi connectivity index (χ1) is 7.90. The number of benzene rings is 1. The van der Waals surface area contributed by atoms with E-state index < -0.39 is 5.97 Å². The van der Waals surface area contributed by atoms with Crippen LogP contribution in [0.5, 0.6) is 5.75 Å². The van der Waals surface area contributed by atoms with Gasteiger partial charge in [-0.25, -0.2) is 0 Å². The summed E-state index contributed by atoms with van der Waals surface area (Å²) in [5, 5.41) is -0.0336. The van der Waals surface area contributed by atoms with Crippen molar-refractivity contribution >= 4 is 64.0 Å². The molecule has 0 heterocycles. The molecule has 0 aromatic heterocycles. The standard InChI is InChI=1S/C10H7Cl5O2/c1-2-3-4(16)17-10-8(14)6(12)5(11)7(13)9(10)15/h2-3H2,1H3.